The Hall–Kier alpha value is -3.53. The minimum absolute atomic E-state index is 0.412. The van der Waals surface area contributed by atoms with Gasteiger partial charge in [-0.2, -0.15) is 15.3 Å². The molecule has 0 amide bonds. The van der Waals surface area contributed by atoms with Crippen LogP contribution < -0.4 is 10.6 Å². The molecule has 0 atom stereocenters. The van der Waals surface area contributed by atoms with E-state index in [-0.39, 0.29) is 0 Å². The first-order valence-electron chi connectivity index (χ1n) is 6.93. The summed E-state index contributed by atoms with van der Waals surface area (Å²) in [7, 11) is 0. The number of rotatable bonds is 5. The van der Waals surface area contributed by atoms with E-state index in [1.54, 1.807) is 30.6 Å². The van der Waals surface area contributed by atoms with Crippen LogP contribution in [-0.2, 0) is 6.54 Å². The lowest BCUT2D eigenvalue weighted by atomic mass is 10.2. The minimum Gasteiger partial charge on any atom is -0.349 e. The molecule has 7 nitrogen and oxygen atoms in total. The van der Waals surface area contributed by atoms with Crippen LogP contribution in [-0.4, -0.2) is 20.2 Å². The zero-order valence-electron chi connectivity index (χ0n) is 12.1. The van der Waals surface area contributed by atoms with Gasteiger partial charge in [0.25, 0.3) is 0 Å². The van der Waals surface area contributed by atoms with Crippen molar-refractivity contribution in [2.75, 3.05) is 10.6 Å². The van der Waals surface area contributed by atoms with Gasteiger partial charge in [0.15, 0.2) is 5.82 Å². The van der Waals surface area contributed by atoms with Crippen molar-refractivity contribution in [3.63, 3.8) is 0 Å². The zero-order valence-corrected chi connectivity index (χ0v) is 12.1. The van der Waals surface area contributed by atoms with E-state index in [9.17, 15) is 0 Å². The lowest BCUT2D eigenvalue weighted by Gasteiger charge is -2.07. The van der Waals surface area contributed by atoms with E-state index in [0.29, 0.717) is 23.9 Å². The second-order valence-electron chi connectivity index (χ2n) is 4.70. The molecule has 0 unspecified atom stereocenters. The Morgan fingerprint density at radius 3 is 2.91 bits per heavy atom. The summed E-state index contributed by atoms with van der Waals surface area (Å²) in [5, 5.41) is 23.0. The Kier molecular flexibility index (Phi) is 4.36. The van der Waals surface area contributed by atoms with Crippen LogP contribution in [0.25, 0.3) is 0 Å². The summed E-state index contributed by atoms with van der Waals surface area (Å²) in [5.74, 6) is 0.957. The second-order valence-corrected chi connectivity index (χ2v) is 4.70. The van der Waals surface area contributed by atoms with Gasteiger partial charge in [-0.3, -0.25) is 4.98 Å². The maximum absolute atomic E-state index is 8.92. The monoisotopic (exact) mass is 303 g/mol. The van der Waals surface area contributed by atoms with Gasteiger partial charge in [-0.25, -0.2) is 0 Å². The number of nitrogens with one attached hydrogen (secondary N) is 2. The van der Waals surface area contributed by atoms with E-state index in [1.807, 2.05) is 18.2 Å². The fourth-order valence-electron chi connectivity index (χ4n) is 1.94. The van der Waals surface area contributed by atoms with Gasteiger partial charge in [0, 0.05) is 24.6 Å². The highest BCUT2D eigenvalue weighted by molar-refractivity contribution is 5.58. The summed E-state index contributed by atoms with van der Waals surface area (Å²) in [4.78, 5) is 8.39. The number of aromatic nitrogens is 4. The third kappa shape index (κ3) is 3.98. The van der Waals surface area contributed by atoms with Crippen LogP contribution >= 0.6 is 0 Å². The van der Waals surface area contributed by atoms with E-state index in [4.69, 9.17) is 5.26 Å². The number of nitriles is 1. The molecule has 0 bridgehead atoms. The predicted molar refractivity (Wildman–Crippen MR) is 85.8 cm³/mol. The highest BCUT2D eigenvalue weighted by atomic mass is 15.3. The fraction of sp³-hybridized carbons (Fsp3) is 0.0625. The van der Waals surface area contributed by atoms with Crippen molar-refractivity contribution in [3.05, 3.63) is 66.1 Å². The average molecular weight is 303 g/mol. The maximum Gasteiger partial charge on any atom is 0.244 e. The number of nitrogens with zero attached hydrogens (tertiary/aromatic N) is 5. The molecule has 112 valence electrons. The Morgan fingerprint density at radius 1 is 1.13 bits per heavy atom. The molecule has 1 aromatic carbocycles. The van der Waals surface area contributed by atoms with E-state index >= 15 is 0 Å². The molecule has 0 radical (unpaired) electrons. The molecular weight excluding hydrogens is 290 g/mol. The van der Waals surface area contributed by atoms with E-state index in [0.717, 1.165) is 11.3 Å². The van der Waals surface area contributed by atoms with Crippen molar-refractivity contribution < 1.29 is 0 Å². The molecule has 23 heavy (non-hydrogen) atoms. The summed E-state index contributed by atoms with van der Waals surface area (Å²) in [6.45, 7) is 0.558. The van der Waals surface area contributed by atoms with Gasteiger partial charge in [-0.1, -0.05) is 12.1 Å². The molecule has 0 spiro atoms. The van der Waals surface area contributed by atoms with Gasteiger partial charge in [-0.15, -0.1) is 5.10 Å². The predicted octanol–water partition coefficient (Wildman–Crippen LogP) is 2.49. The number of hydrogen-bond donors (Lipinski definition) is 2. The largest absolute Gasteiger partial charge is 0.349 e. The van der Waals surface area contributed by atoms with Crippen LogP contribution in [0.3, 0.4) is 0 Å². The molecule has 0 aliphatic rings. The quantitative estimate of drug-likeness (QED) is 0.747. The average Bonchev–Trinajstić information content (AvgIpc) is 2.61. The van der Waals surface area contributed by atoms with E-state index in [2.05, 4.69) is 36.9 Å². The van der Waals surface area contributed by atoms with E-state index < -0.39 is 0 Å². The zero-order chi connectivity index (χ0) is 15.9. The molecule has 0 aliphatic heterocycles. The smallest absolute Gasteiger partial charge is 0.244 e. The van der Waals surface area contributed by atoms with Gasteiger partial charge >= 0.3 is 0 Å². The second kappa shape index (κ2) is 6.95. The normalized spacial score (nSPS) is 9.87. The number of pyridine rings is 1. The van der Waals surface area contributed by atoms with Crippen molar-refractivity contribution in [1.82, 2.24) is 20.2 Å². The van der Waals surface area contributed by atoms with Crippen LogP contribution in [0.2, 0.25) is 0 Å². The summed E-state index contributed by atoms with van der Waals surface area (Å²) < 4.78 is 0. The van der Waals surface area contributed by atoms with Gasteiger partial charge in [0.1, 0.15) is 0 Å². The lowest BCUT2D eigenvalue weighted by molar-refractivity contribution is 0.946. The third-order valence-corrected chi connectivity index (χ3v) is 3.00. The maximum atomic E-state index is 8.92. The first kappa shape index (κ1) is 14.4. The molecule has 2 N–H and O–H groups in total. The minimum atomic E-state index is 0.412. The molecule has 3 rings (SSSR count). The molecule has 0 aliphatic carbocycles. The first-order chi connectivity index (χ1) is 11.3. The molecule has 2 heterocycles. The summed E-state index contributed by atoms with van der Waals surface area (Å²) in [6, 6.07) is 13.1. The van der Waals surface area contributed by atoms with Gasteiger partial charge in [0.05, 0.1) is 17.8 Å². The number of anilines is 3. The van der Waals surface area contributed by atoms with E-state index in [1.165, 1.54) is 6.20 Å². The molecule has 0 saturated carbocycles. The third-order valence-electron chi connectivity index (χ3n) is 3.00. The van der Waals surface area contributed by atoms with Crippen LogP contribution in [0.5, 0.6) is 0 Å². The molecule has 0 fully saturated rings. The van der Waals surface area contributed by atoms with Gasteiger partial charge < -0.3 is 10.6 Å². The van der Waals surface area contributed by atoms with Crippen molar-refractivity contribution >= 4 is 17.5 Å². The van der Waals surface area contributed by atoms with Crippen LogP contribution in [0.4, 0.5) is 17.5 Å². The summed E-state index contributed by atoms with van der Waals surface area (Å²) >= 11 is 0. The molecule has 7 heteroatoms. The Labute approximate surface area is 133 Å². The Bertz CT molecular complexity index is 827. The Balaban J connectivity index is 1.68. The SMILES string of the molecule is N#Cc1cccc(Nc2cnnc(NCc3cccnc3)n2)c1. The number of hydrogen-bond acceptors (Lipinski definition) is 7. The van der Waals surface area contributed by atoms with Crippen LogP contribution in [0.1, 0.15) is 11.1 Å². The fourth-order valence-corrected chi connectivity index (χ4v) is 1.94. The molecule has 0 saturated heterocycles. The summed E-state index contributed by atoms with van der Waals surface area (Å²) in [6.07, 6.45) is 5.02. The Morgan fingerprint density at radius 2 is 2.09 bits per heavy atom. The lowest BCUT2D eigenvalue weighted by Crippen LogP contribution is -2.06. The molecular formula is C16H13N7. The first-order valence-corrected chi connectivity index (χ1v) is 6.93. The van der Waals surface area contributed by atoms with Gasteiger partial charge in [-0.05, 0) is 29.8 Å². The van der Waals surface area contributed by atoms with Crippen LogP contribution in [0, 0.1) is 11.3 Å². The van der Waals surface area contributed by atoms with Crippen molar-refractivity contribution in [3.8, 4) is 6.07 Å². The highest BCUT2D eigenvalue weighted by Crippen LogP contribution is 2.15. The topological polar surface area (TPSA) is 99.4 Å². The standard InChI is InChI=1S/C16H13N7/c17-8-12-3-1-5-14(7-12)21-15-11-20-23-16(22-15)19-10-13-4-2-6-18-9-13/h1-7,9,11H,10H2,(H2,19,21,22,23). The van der Waals surface area contributed by atoms with Crippen LogP contribution in [0.15, 0.2) is 55.0 Å². The summed E-state index contributed by atoms with van der Waals surface area (Å²) in [5.41, 5.74) is 2.37. The molecule has 2 aromatic heterocycles. The molecule has 3 aromatic rings. The number of benzene rings is 1. The van der Waals surface area contributed by atoms with Crippen molar-refractivity contribution in [1.29, 1.82) is 5.26 Å². The van der Waals surface area contributed by atoms with Crippen molar-refractivity contribution in [2.45, 2.75) is 6.54 Å². The van der Waals surface area contributed by atoms with Crippen molar-refractivity contribution in [2.24, 2.45) is 0 Å². The van der Waals surface area contributed by atoms with Gasteiger partial charge in [0.2, 0.25) is 5.95 Å². The highest BCUT2D eigenvalue weighted by Gasteiger charge is 2.02.